The minimum atomic E-state index is -0.409. The van der Waals surface area contributed by atoms with Gasteiger partial charge in [0.25, 0.3) is 0 Å². The predicted octanol–water partition coefficient (Wildman–Crippen LogP) is 2.48. The minimum Gasteiger partial charge on any atom is -0.380 e. The average Bonchev–Trinajstić information content (AvgIpc) is 3.28. The van der Waals surface area contributed by atoms with Crippen LogP contribution in [0.3, 0.4) is 0 Å². The van der Waals surface area contributed by atoms with Gasteiger partial charge in [-0.2, -0.15) is 4.98 Å². The number of rotatable bonds is 7. The van der Waals surface area contributed by atoms with Crippen molar-refractivity contribution in [3.63, 3.8) is 0 Å². The molecule has 2 fully saturated rings. The van der Waals surface area contributed by atoms with Gasteiger partial charge in [-0.25, -0.2) is 4.52 Å². The number of ketones is 1. The predicted molar refractivity (Wildman–Crippen MR) is 132 cm³/mol. The number of Topliss-reactive ketones (excluding diaryl/α,β-unsaturated/α-hetero) is 1. The quantitative estimate of drug-likeness (QED) is 0.559. The zero-order valence-corrected chi connectivity index (χ0v) is 19.9. The van der Waals surface area contributed by atoms with Crippen LogP contribution in [0.1, 0.15) is 31.9 Å². The second-order valence-electron chi connectivity index (χ2n) is 9.76. The first-order chi connectivity index (χ1) is 17.0. The fraction of sp³-hybridized carbons (Fsp3) is 0.440. The highest BCUT2D eigenvalue weighted by atomic mass is 16.5. The maximum Gasteiger partial charge on any atom is 0.246 e. The van der Waals surface area contributed by atoms with Gasteiger partial charge in [-0.15, -0.1) is 5.10 Å². The molecule has 0 aromatic carbocycles. The fourth-order valence-electron chi connectivity index (χ4n) is 4.85. The van der Waals surface area contributed by atoms with E-state index in [2.05, 4.69) is 28.3 Å². The molecule has 1 saturated carbocycles. The summed E-state index contributed by atoms with van der Waals surface area (Å²) in [6, 6.07) is 3.49. The zero-order valence-electron chi connectivity index (χ0n) is 19.9. The number of fused-ring (bicyclic) bond motifs is 1. The molecule has 180 valence electrons. The summed E-state index contributed by atoms with van der Waals surface area (Å²) < 4.78 is 7.42. The monoisotopic (exact) mass is 472 g/mol. The van der Waals surface area contributed by atoms with Crippen LogP contribution in [0.2, 0.25) is 0 Å². The van der Waals surface area contributed by atoms with Crippen LogP contribution in [0.25, 0.3) is 5.52 Å². The van der Waals surface area contributed by atoms with Crippen LogP contribution in [0.5, 0.6) is 0 Å². The number of nitrogens with one attached hydrogen (secondary N) is 1. The van der Waals surface area contributed by atoms with Gasteiger partial charge < -0.3 is 15.0 Å². The number of hydrogen-bond donors (Lipinski definition) is 1. The van der Waals surface area contributed by atoms with Gasteiger partial charge in [0, 0.05) is 44.9 Å². The number of amidine groups is 1. The summed E-state index contributed by atoms with van der Waals surface area (Å²) >= 11 is 0. The molecule has 10 nitrogen and oxygen atoms in total. The lowest BCUT2D eigenvalue weighted by Crippen LogP contribution is -2.38. The Morgan fingerprint density at radius 2 is 2.20 bits per heavy atom. The van der Waals surface area contributed by atoms with Crippen molar-refractivity contribution in [3.8, 4) is 0 Å². The van der Waals surface area contributed by atoms with Crippen molar-refractivity contribution in [2.24, 2.45) is 10.4 Å². The van der Waals surface area contributed by atoms with Gasteiger partial charge in [0.15, 0.2) is 11.6 Å². The van der Waals surface area contributed by atoms with Crippen LogP contribution in [-0.2, 0) is 16.0 Å². The van der Waals surface area contributed by atoms with E-state index in [0.717, 1.165) is 17.9 Å². The van der Waals surface area contributed by atoms with Crippen LogP contribution < -0.4 is 10.2 Å². The average molecular weight is 473 g/mol. The molecule has 0 bridgehead atoms. The topological polar surface area (TPSA) is 110 Å². The van der Waals surface area contributed by atoms with Gasteiger partial charge in [-0.3, -0.25) is 19.8 Å². The van der Waals surface area contributed by atoms with Crippen LogP contribution in [0.4, 0.5) is 11.8 Å². The first kappa shape index (κ1) is 21.8. The maximum absolute atomic E-state index is 13.3. The van der Waals surface area contributed by atoms with E-state index in [0.29, 0.717) is 35.8 Å². The van der Waals surface area contributed by atoms with Gasteiger partial charge in [-0.05, 0) is 42.0 Å². The third kappa shape index (κ3) is 4.18. The Balaban J connectivity index is 1.30. The molecule has 5 heterocycles. The lowest BCUT2D eigenvalue weighted by Gasteiger charge is -2.24. The highest BCUT2D eigenvalue weighted by Gasteiger charge is 2.42. The minimum absolute atomic E-state index is 0.0428. The van der Waals surface area contributed by atoms with Crippen molar-refractivity contribution in [1.82, 2.24) is 24.6 Å². The van der Waals surface area contributed by atoms with Crippen molar-refractivity contribution in [2.45, 2.75) is 44.8 Å². The van der Waals surface area contributed by atoms with Crippen molar-refractivity contribution in [2.75, 3.05) is 30.4 Å². The van der Waals surface area contributed by atoms with E-state index in [-0.39, 0.29) is 18.3 Å². The number of aliphatic imine (C=N–C) groups is 1. The molecule has 1 saturated heterocycles. The van der Waals surface area contributed by atoms with Gasteiger partial charge in [-0.1, -0.05) is 6.92 Å². The zero-order chi connectivity index (χ0) is 24.0. The number of carbonyl (C=O) groups is 1. The smallest absolute Gasteiger partial charge is 0.246 e. The molecular formula is C25H28N8O2. The highest BCUT2D eigenvalue weighted by Crippen LogP contribution is 2.52. The summed E-state index contributed by atoms with van der Waals surface area (Å²) in [6.07, 6.45) is 12.0. The second-order valence-corrected chi connectivity index (χ2v) is 9.76. The molecule has 1 N–H and O–H groups in total. The SMILES string of the molecule is CO[C@@H]1C[C@@H](C(=O)Cc2cnccn2)N(c2nc(NC3=NCC(C4(C)CC4)=C3)c3cccn3n2)C1. The van der Waals surface area contributed by atoms with E-state index < -0.39 is 6.04 Å². The van der Waals surface area contributed by atoms with E-state index in [9.17, 15) is 4.79 Å². The Hall–Kier alpha value is -3.66. The molecule has 2 aliphatic heterocycles. The first-order valence-corrected chi connectivity index (χ1v) is 12.0. The van der Waals surface area contributed by atoms with Crippen molar-refractivity contribution < 1.29 is 9.53 Å². The Bertz CT molecular complexity index is 1330. The summed E-state index contributed by atoms with van der Waals surface area (Å²) in [4.78, 5) is 33.2. The van der Waals surface area contributed by atoms with Crippen LogP contribution in [-0.4, -0.2) is 68.5 Å². The van der Waals surface area contributed by atoms with Crippen molar-refractivity contribution >= 4 is 28.9 Å². The molecule has 0 unspecified atom stereocenters. The van der Waals surface area contributed by atoms with E-state index in [1.54, 1.807) is 30.2 Å². The van der Waals surface area contributed by atoms with Gasteiger partial charge >= 0.3 is 0 Å². The number of methoxy groups -OCH3 is 1. The third-order valence-electron chi connectivity index (χ3n) is 7.33. The van der Waals surface area contributed by atoms with Crippen LogP contribution >= 0.6 is 0 Å². The summed E-state index contributed by atoms with van der Waals surface area (Å²) in [7, 11) is 1.67. The standard InChI is InChI=1S/C25H28N8O2/c1-25(5-6-25)16-10-22(28-13-16)29-23-19-4-3-9-33(19)31-24(30-23)32-15-18(35-2)12-20(32)21(34)11-17-14-26-7-8-27-17/h3-4,7-10,14,18,20H,5-6,11-13,15H2,1-2H3,(H,28,29,30,31)/t18-,20+/m1/s1. The highest BCUT2D eigenvalue weighted by molar-refractivity contribution is 6.07. The van der Waals surface area contributed by atoms with Gasteiger partial charge in [0.2, 0.25) is 5.95 Å². The van der Waals surface area contributed by atoms with Crippen molar-refractivity contribution in [3.05, 3.63) is 54.3 Å². The van der Waals surface area contributed by atoms with Gasteiger partial charge in [0.05, 0.1) is 30.8 Å². The number of nitrogens with zero attached hydrogens (tertiary/aromatic N) is 7. The van der Waals surface area contributed by atoms with E-state index >= 15 is 0 Å². The lowest BCUT2D eigenvalue weighted by atomic mass is 9.99. The van der Waals surface area contributed by atoms with E-state index in [4.69, 9.17) is 19.8 Å². The Kier molecular flexibility index (Phi) is 5.32. The molecule has 2 atom stereocenters. The molecule has 3 aromatic rings. The molecule has 0 amide bonds. The molecule has 10 heteroatoms. The summed E-state index contributed by atoms with van der Waals surface area (Å²) in [5, 5.41) is 8.14. The fourth-order valence-corrected chi connectivity index (χ4v) is 4.85. The van der Waals surface area contributed by atoms with E-state index in [1.165, 1.54) is 18.4 Å². The molecular weight excluding hydrogens is 444 g/mol. The number of anilines is 2. The molecule has 6 rings (SSSR count). The van der Waals surface area contributed by atoms with Crippen LogP contribution in [0, 0.1) is 5.41 Å². The normalized spacial score (nSPS) is 22.9. The number of carbonyl (C=O) groups excluding carboxylic acids is 1. The first-order valence-electron chi connectivity index (χ1n) is 12.0. The Labute approximate surface area is 203 Å². The van der Waals surface area contributed by atoms with Crippen LogP contribution in [0.15, 0.2) is 53.6 Å². The molecule has 0 radical (unpaired) electrons. The molecule has 3 aromatic heterocycles. The van der Waals surface area contributed by atoms with Gasteiger partial charge in [0.1, 0.15) is 11.4 Å². The summed E-state index contributed by atoms with van der Waals surface area (Å²) in [5.74, 6) is 2.00. The number of hydrogen-bond acceptors (Lipinski definition) is 9. The maximum atomic E-state index is 13.3. The molecule has 35 heavy (non-hydrogen) atoms. The lowest BCUT2D eigenvalue weighted by molar-refractivity contribution is -0.119. The van der Waals surface area contributed by atoms with E-state index in [1.807, 2.05) is 23.2 Å². The largest absolute Gasteiger partial charge is 0.380 e. The summed E-state index contributed by atoms with van der Waals surface area (Å²) in [5.41, 5.74) is 3.17. The second kappa shape index (κ2) is 8.53. The third-order valence-corrected chi connectivity index (χ3v) is 7.33. The molecule has 1 aliphatic carbocycles. The molecule has 0 spiro atoms. The number of ether oxygens (including phenoxy) is 1. The Morgan fingerprint density at radius 3 is 2.97 bits per heavy atom. The molecule has 3 aliphatic rings. The number of aromatic nitrogens is 5. The van der Waals surface area contributed by atoms with Crippen molar-refractivity contribution in [1.29, 1.82) is 0 Å². The Morgan fingerprint density at radius 1 is 1.31 bits per heavy atom. The summed E-state index contributed by atoms with van der Waals surface area (Å²) in [6.45, 7) is 3.56.